The minimum Gasteiger partial charge on any atom is -0.379 e. The molecule has 1 aromatic carbocycles. The highest BCUT2D eigenvalue weighted by Crippen LogP contribution is 2.36. The first-order chi connectivity index (χ1) is 14.3. The molecule has 4 rings (SSSR count). The molecule has 1 saturated heterocycles. The molecule has 0 spiro atoms. The molecule has 3 heterocycles. The average Bonchev–Trinajstić information content (AvgIpc) is 3.22. The van der Waals surface area contributed by atoms with Gasteiger partial charge in [0.25, 0.3) is 0 Å². The molecule has 0 aliphatic carbocycles. The Hall–Kier alpha value is -2.20. The van der Waals surface area contributed by atoms with Crippen LogP contribution in [0.15, 0.2) is 6.07 Å². The summed E-state index contributed by atoms with van der Waals surface area (Å²) in [5.74, 6) is -6.67. The Morgan fingerprint density at radius 1 is 1.27 bits per heavy atom. The van der Waals surface area contributed by atoms with Crippen molar-refractivity contribution in [1.29, 1.82) is 0 Å². The van der Waals surface area contributed by atoms with Crippen molar-refractivity contribution in [3.63, 3.8) is 0 Å². The number of nitrogens with zero attached hydrogens (tertiary/aromatic N) is 2. The van der Waals surface area contributed by atoms with Gasteiger partial charge in [-0.05, 0) is 31.5 Å². The molecule has 2 aliphatic heterocycles. The zero-order chi connectivity index (χ0) is 21.6. The van der Waals surface area contributed by atoms with Crippen LogP contribution in [0.5, 0.6) is 0 Å². The maximum absolute atomic E-state index is 14.3. The molecule has 0 saturated carbocycles. The molecule has 0 bridgehead atoms. The Bertz CT molecular complexity index is 1030. The molecule has 2 atom stereocenters. The third kappa shape index (κ3) is 3.66. The van der Waals surface area contributed by atoms with E-state index in [4.69, 9.17) is 17.0 Å². The predicted octanol–water partition coefficient (Wildman–Crippen LogP) is 3.29. The molecule has 1 amide bonds. The number of imidazole rings is 1. The number of amides is 1. The molecule has 162 valence electrons. The van der Waals surface area contributed by atoms with Gasteiger partial charge in [0.15, 0.2) is 28.0 Å². The Kier molecular flexibility index (Phi) is 5.71. The summed E-state index contributed by atoms with van der Waals surface area (Å²) in [6.45, 7) is 1.23. The van der Waals surface area contributed by atoms with E-state index in [1.54, 1.807) is 16.2 Å². The van der Waals surface area contributed by atoms with Gasteiger partial charge in [-0.25, -0.2) is 17.6 Å². The topological polar surface area (TPSA) is 48.2 Å². The molecule has 10 heteroatoms. The maximum atomic E-state index is 14.3. The molecule has 2 aromatic rings. The van der Waals surface area contributed by atoms with Crippen molar-refractivity contribution in [2.75, 3.05) is 13.2 Å². The second-order valence-corrected chi connectivity index (χ2v) is 8.15. The SMILES string of the molecule is Cn1c(CC(=O)N[C@@H]2CCCOC2)c2n(c1=S)C[C@@H](c1c(F)c(F)cc(F)c1F)C2. The van der Waals surface area contributed by atoms with E-state index in [9.17, 15) is 22.4 Å². The summed E-state index contributed by atoms with van der Waals surface area (Å²) in [7, 11) is 1.72. The predicted molar refractivity (Wildman–Crippen MR) is 103 cm³/mol. The quantitative estimate of drug-likeness (QED) is 0.448. The molecule has 1 N–H and O–H groups in total. The Morgan fingerprint density at radius 3 is 2.60 bits per heavy atom. The van der Waals surface area contributed by atoms with Crippen LogP contribution < -0.4 is 5.32 Å². The lowest BCUT2D eigenvalue weighted by atomic mass is 9.94. The summed E-state index contributed by atoms with van der Waals surface area (Å²) < 4.78 is 65.0. The number of fused-ring (bicyclic) bond motifs is 1. The van der Waals surface area contributed by atoms with Gasteiger partial charge in [-0.2, -0.15) is 0 Å². The van der Waals surface area contributed by atoms with E-state index in [0.717, 1.165) is 12.8 Å². The van der Waals surface area contributed by atoms with Gasteiger partial charge in [0.2, 0.25) is 5.91 Å². The number of ether oxygens (including phenoxy) is 1. The standard InChI is InChI=1S/C20H21F4N3O2S/c1-26-14(7-16(28)25-11-3-2-4-29-9-11)15-5-10(8-27(15)20(26)30)17-18(23)12(21)6-13(22)19(17)24/h6,10-11H,2-5,7-9H2,1H3,(H,25,28)/t10-,11+/m0/s1. The third-order valence-corrected chi connectivity index (χ3v) is 6.33. The fourth-order valence-corrected chi connectivity index (χ4v) is 4.64. The first-order valence-electron chi connectivity index (χ1n) is 9.75. The zero-order valence-corrected chi connectivity index (χ0v) is 17.1. The van der Waals surface area contributed by atoms with E-state index in [0.29, 0.717) is 29.4 Å². The normalized spacial score (nSPS) is 21.0. The Labute approximate surface area is 175 Å². The van der Waals surface area contributed by atoms with Crippen LogP contribution in [0.1, 0.15) is 35.7 Å². The number of rotatable bonds is 4. The van der Waals surface area contributed by atoms with Gasteiger partial charge in [0, 0.05) is 49.1 Å². The molecule has 1 fully saturated rings. The number of benzene rings is 1. The van der Waals surface area contributed by atoms with Gasteiger partial charge < -0.3 is 19.2 Å². The smallest absolute Gasteiger partial charge is 0.226 e. The zero-order valence-electron chi connectivity index (χ0n) is 16.3. The van der Waals surface area contributed by atoms with Crippen LogP contribution in [0, 0.1) is 28.0 Å². The van der Waals surface area contributed by atoms with Crippen LogP contribution in [0.25, 0.3) is 0 Å². The fourth-order valence-electron chi connectivity index (χ4n) is 4.35. The molecular formula is C20H21F4N3O2S. The minimum atomic E-state index is -1.43. The van der Waals surface area contributed by atoms with Crippen LogP contribution in [0.4, 0.5) is 17.6 Å². The lowest BCUT2D eigenvalue weighted by molar-refractivity contribution is -0.122. The van der Waals surface area contributed by atoms with E-state index < -0.39 is 34.8 Å². The first-order valence-corrected chi connectivity index (χ1v) is 10.2. The molecule has 30 heavy (non-hydrogen) atoms. The first kappa shape index (κ1) is 21.0. The Balaban J connectivity index is 1.59. The highest BCUT2D eigenvalue weighted by Gasteiger charge is 2.34. The lowest BCUT2D eigenvalue weighted by Crippen LogP contribution is -2.41. The Morgan fingerprint density at radius 2 is 1.97 bits per heavy atom. The van der Waals surface area contributed by atoms with E-state index >= 15 is 0 Å². The summed E-state index contributed by atoms with van der Waals surface area (Å²) in [5, 5.41) is 2.93. The van der Waals surface area contributed by atoms with E-state index in [2.05, 4.69) is 5.32 Å². The number of hydrogen-bond donors (Lipinski definition) is 1. The molecular weight excluding hydrogens is 422 g/mol. The van der Waals surface area contributed by atoms with E-state index in [1.165, 1.54) is 0 Å². The highest BCUT2D eigenvalue weighted by atomic mass is 32.1. The monoisotopic (exact) mass is 443 g/mol. The van der Waals surface area contributed by atoms with Crippen molar-refractivity contribution in [3.8, 4) is 0 Å². The van der Waals surface area contributed by atoms with Crippen LogP contribution in [-0.4, -0.2) is 34.3 Å². The summed E-state index contributed by atoms with van der Waals surface area (Å²) in [6.07, 6.45) is 1.87. The van der Waals surface area contributed by atoms with Gasteiger partial charge in [-0.15, -0.1) is 0 Å². The van der Waals surface area contributed by atoms with Crippen LogP contribution in [-0.2, 0) is 36.0 Å². The fraction of sp³-hybridized carbons (Fsp3) is 0.500. The van der Waals surface area contributed by atoms with Gasteiger partial charge in [0.05, 0.1) is 19.1 Å². The molecule has 5 nitrogen and oxygen atoms in total. The molecule has 0 unspecified atom stereocenters. The van der Waals surface area contributed by atoms with Gasteiger partial charge >= 0.3 is 0 Å². The number of nitrogens with one attached hydrogen (secondary N) is 1. The van der Waals surface area contributed by atoms with Crippen molar-refractivity contribution >= 4 is 18.1 Å². The largest absolute Gasteiger partial charge is 0.379 e. The van der Waals surface area contributed by atoms with Crippen LogP contribution in [0.2, 0.25) is 0 Å². The number of carbonyl (C=O) groups is 1. The second-order valence-electron chi connectivity index (χ2n) is 7.79. The maximum Gasteiger partial charge on any atom is 0.226 e. The van der Waals surface area contributed by atoms with Crippen LogP contribution in [0.3, 0.4) is 0 Å². The van der Waals surface area contributed by atoms with Crippen molar-refractivity contribution < 1.29 is 27.1 Å². The number of halogens is 4. The third-order valence-electron chi connectivity index (χ3n) is 5.83. The van der Waals surface area contributed by atoms with Gasteiger partial charge in [0.1, 0.15) is 0 Å². The average molecular weight is 443 g/mol. The molecule has 2 aliphatic rings. The van der Waals surface area contributed by atoms with Crippen molar-refractivity contribution in [3.05, 3.63) is 51.1 Å². The van der Waals surface area contributed by atoms with Crippen molar-refractivity contribution in [2.24, 2.45) is 7.05 Å². The van der Waals surface area contributed by atoms with Crippen molar-refractivity contribution in [1.82, 2.24) is 14.5 Å². The number of aromatic nitrogens is 2. The number of carbonyl (C=O) groups excluding carboxylic acids is 1. The van der Waals surface area contributed by atoms with Gasteiger partial charge in [-0.1, -0.05) is 0 Å². The lowest BCUT2D eigenvalue weighted by Gasteiger charge is -2.23. The van der Waals surface area contributed by atoms with Gasteiger partial charge in [-0.3, -0.25) is 4.79 Å². The van der Waals surface area contributed by atoms with Crippen LogP contribution >= 0.6 is 12.2 Å². The summed E-state index contributed by atoms with van der Waals surface area (Å²) in [6, 6.07) is 0.147. The molecule has 0 radical (unpaired) electrons. The summed E-state index contributed by atoms with van der Waals surface area (Å²) in [5.41, 5.74) is 0.642. The van der Waals surface area contributed by atoms with E-state index in [-0.39, 0.29) is 37.4 Å². The van der Waals surface area contributed by atoms with Crippen molar-refractivity contribution in [2.45, 2.75) is 44.2 Å². The highest BCUT2D eigenvalue weighted by molar-refractivity contribution is 7.71. The molecule has 1 aromatic heterocycles. The summed E-state index contributed by atoms with van der Waals surface area (Å²) >= 11 is 5.41. The second kappa shape index (κ2) is 8.14. The van der Waals surface area contributed by atoms with E-state index in [1.807, 2.05) is 0 Å². The minimum absolute atomic E-state index is 0.0359. The number of hydrogen-bond acceptors (Lipinski definition) is 3. The summed E-state index contributed by atoms with van der Waals surface area (Å²) in [4.78, 5) is 12.5.